The van der Waals surface area contributed by atoms with Crippen molar-refractivity contribution in [2.45, 2.75) is 10.9 Å². The molecule has 9 heteroatoms. The average Bonchev–Trinajstić information content (AvgIpc) is 3.34. The highest BCUT2D eigenvalue weighted by atomic mass is 32.2. The molecule has 0 aliphatic rings. The molecule has 4 aromatic rings. The molecule has 4 rings (SSSR count). The number of rotatable bonds is 5. The van der Waals surface area contributed by atoms with Gasteiger partial charge < -0.3 is 8.94 Å². The van der Waals surface area contributed by atoms with Crippen molar-refractivity contribution in [2.24, 2.45) is 0 Å². The van der Waals surface area contributed by atoms with Gasteiger partial charge in [0.05, 0.1) is 17.6 Å². The molecule has 1 N–H and O–H groups in total. The molecule has 0 amide bonds. The number of hydrogen-bond acceptors (Lipinski definition) is 7. The van der Waals surface area contributed by atoms with Crippen LogP contribution in [0.2, 0.25) is 0 Å². The van der Waals surface area contributed by atoms with Crippen LogP contribution in [0.4, 0.5) is 4.39 Å². The number of thioether (sulfide) groups is 1. The van der Waals surface area contributed by atoms with Crippen LogP contribution in [-0.2, 0) is 5.75 Å². The van der Waals surface area contributed by atoms with Gasteiger partial charge in [0.2, 0.25) is 16.9 Å². The van der Waals surface area contributed by atoms with E-state index in [0.717, 1.165) is 0 Å². The first-order chi connectivity index (χ1) is 11.8. The predicted molar refractivity (Wildman–Crippen MR) is 83.3 cm³/mol. The summed E-state index contributed by atoms with van der Waals surface area (Å²) in [7, 11) is 0. The largest absolute Gasteiger partial charge is 0.461 e. The highest BCUT2D eigenvalue weighted by Crippen LogP contribution is 2.24. The highest BCUT2D eigenvalue weighted by molar-refractivity contribution is 7.98. The zero-order valence-corrected chi connectivity index (χ0v) is 13.0. The number of halogens is 1. The topological polar surface area (TPSA) is 93.6 Å². The molecule has 0 bridgehead atoms. The number of furan rings is 1. The van der Waals surface area contributed by atoms with E-state index in [-0.39, 0.29) is 5.82 Å². The van der Waals surface area contributed by atoms with Gasteiger partial charge in [-0.2, -0.15) is 4.98 Å². The number of H-pyrrole nitrogens is 1. The highest BCUT2D eigenvalue weighted by Gasteiger charge is 2.14. The lowest BCUT2D eigenvalue weighted by Crippen LogP contribution is -1.85. The van der Waals surface area contributed by atoms with Crippen molar-refractivity contribution in [3.63, 3.8) is 0 Å². The van der Waals surface area contributed by atoms with Crippen LogP contribution in [0.3, 0.4) is 0 Å². The van der Waals surface area contributed by atoms with E-state index in [9.17, 15) is 4.39 Å². The number of nitrogens with one attached hydrogen (secondary N) is 1. The number of benzene rings is 1. The molecule has 3 heterocycles. The third-order valence-corrected chi connectivity index (χ3v) is 3.96. The maximum atomic E-state index is 13.7. The first-order valence-corrected chi connectivity index (χ1v) is 7.95. The first-order valence-electron chi connectivity index (χ1n) is 6.96. The van der Waals surface area contributed by atoms with Crippen LogP contribution in [-0.4, -0.2) is 25.3 Å². The molecule has 24 heavy (non-hydrogen) atoms. The Bertz CT molecular complexity index is 950. The van der Waals surface area contributed by atoms with Crippen molar-refractivity contribution >= 4 is 11.8 Å². The van der Waals surface area contributed by atoms with Gasteiger partial charge in [-0.05, 0) is 24.3 Å². The van der Waals surface area contributed by atoms with Crippen molar-refractivity contribution in [2.75, 3.05) is 0 Å². The standard InChI is InChI=1S/C15H10FN5O2S/c16-10-5-2-1-4-9(10)13-18-15(20-19-13)24-8-12-17-14(21-23-12)11-6-3-7-22-11/h1-7H,8H2,(H,18,19,20). The van der Waals surface area contributed by atoms with Gasteiger partial charge in [0.1, 0.15) is 5.82 Å². The van der Waals surface area contributed by atoms with Gasteiger partial charge in [0.15, 0.2) is 11.6 Å². The molecule has 0 unspecified atom stereocenters. The van der Waals surface area contributed by atoms with Crippen LogP contribution in [0.25, 0.3) is 23.0 Å². The predicted octanol–water partition coefficient (Wildman–Crippen LogP) is 3.55. The van der Waals surface area contributed by atoms with Crippen molar-refractivity contribution in [3.05, 3.63) is 54.4 Å². The van der Waals surface area contributed by atoms with Crippen LogP contribution >= 0.6 is 11.8 Å². The quantitative estimate of drug-likeness (QED) is 0.554. The lowest BCUT2D eigenvalue weighted by molar-refractivity contribution is 0.390. The first kappa shape index (κ1) is 14.6. The summed E-state index contributed by atoms with van der Waals surface area (Å²) >= 11 is 1.30. The van der Waals surface area contributed by atoms with Gasteiger partial charge in [-0.3, -0.25) is 5.10 Å². The number of aromatic nitrogens is 5. The Kier molecular flexibility index (Phi) is 3.83. The molecule has 0 atom stereocenters. The molecule has 7 nitrogen and oxygen atoms in total. The maximum Gasteiger partial charge on any atom is 0.238 e. The minimum absolute atomic E-state index is 0.356. The van der Waals surface area contributed by atoms with Gasteiger partial charge >= 0.3 is 0 Å². The van der Waals surface area contributed by atoms with Gasteiger partial charge in [0, 0.05) is 0 Å². The van der Waals surface area contributed by atoms with E-state index in [1.807, 2.05) is 0 Å². The number of hydrogen-bond donors (Lipinski definition) is 1. The van der Waals surface area contributed by atoms with E-state index >= 15 is 0 Å². The second kappa shape index (κ2) is 6.28. The third kappa shape index (κ3) is 2.93. The molecule has 0 aliphatic carbocycles. The molecule has 3 aromatic heterocycles. The summed E-state index contributed by atoms with van der Waals surface area (Å²) in [6, 6.07) is 9.87. The van der Waals surface area contributed by atoms with Crippen molar-refractivity contribution in [1.82, 2.24) is 25.3 Å². The fourth-order valence-corrected chi connectivity index (χ4v) is 2.67. The second-order valence-electron chi connectivity index (χ2n) is 4.72. The van der Waals surface area contributed by atoms with E-state index in [1.54, 1.807) is 30.3 Å². The summed E-state index contributed by atoms with van der Waals surface area (Å²) in [5, 5.41) is 11.1. The normalized spacial score (nSPS) is 11.0. The minimum Gasteiger partial charge on any atom is -0.461 e. The molecule has 0 spiro atoms. The Morgan fingerprint density at radius 1 is 1.12 bits per heavy atom. The average molecular weight is 343 g/mol. The smallest absolute Gasteiger partial charge is 0.238 e. The fraction of sp³-hybridized carbons (Fsp3) is 0.0667. The Labute approximate surface area is 139 Å². The SMILES string of the molecule is Fc1ccccc1-c1nc(SCc2nc(-c3ccco3)no2)n[nH]1. The molecule has 0 saturated heterocycles. The zero-order chi connectivity index (χ0) is 16.4. The Hall–Kier alpha value is -2.94. The summed E-state index contributed by atoms with van der Waals surface area (Å²) < 4.78 is 24.1. The van der Waals surface area contributed by atoms with Crippen LogP contribution in [0.1, 0.15) is 5.89 Å². The van der Waals surface area contributed by atoms with Crippen LogP contribution in [0, 0.1) is 5.82 Å². The Morgan fingerprint density at radius 3 is 2.88 bits per heavy atom. The molecular formula is C15H10FN5O2S. The summed E-state index contributed by atoms with van der Waals surface area (Å²) in [4.78, 5) is 8.49. The summed E-state index contributed by atoms with van der Waals surface area (Å²) in [5.41, 5.74) is 0.370. The number of nitrogens with zero attached hydrogens (tertiary/aromatic N) is 4. The van der Waals surface area contributed by atoms with Crippen molar-refractivity contribution in [3.8, 4) is 23.0 Å². The summed E-state index contributed by atoms with van der Waals surface area (Å²) in [6.45, 7) is 0. The minimum atomic E-state index is -0.356. The fourth-order valence-electron chi connectivity index (χ4n) is 2.03. The Balaban J connectivity index is 1.45. The summed E-state index contributed by atoms with van der Waals surface area (Å²) in [6.07, 6.45) is 1.54. The van der Waals surface area contributed by atoms with E-state index < -0.39 is 0 Å². The van der Waals surface area contributed by atoms with Gasteiger partial charge in [0.25, 0.3) is 0 Å². The molecule has 0 aliphatic heterocycles. The monoisotopic (exact) mass is 343 g/mol. The third-order valence-electron chi connectivity index (χ3n) is 3.13. The lowest BCUT2D eigenvalue weighted by Gasteiger charge is -1.96. The molecule has 0 saturated carbocycles. The van der Waals surface area contributed by atoms with Gasteiger partial charge in [-0.15, -0.1) is 5.10 Å². The molecular weight excluding hydrogens is 333 g/mol. The van der Waals surface area contributed by atoms with Crippen molar-refractivity contribution in [1.29, 1.82) is 0 Å². The Morgan fingerprint density at radius 2 is 2.04 bits per heavy atom. The van der Waals surface area contributed by atoms with E-state index in [2.05, 4.69) is 25.3 Å². The maximum absolute atomic E-state index is 13.7. The lowest BCUT2D eigenvalue weighted by atomic mass is 10.2. The molecule has 120 valence electrons. The van der Waals surface area contributed by atoms with Crippen molar-refractivity contribution < 1.29 is 13.3 Å². The summed E-state index contributed by atoms with van der Waals surface area (Å²) in [5.74, 6) is 1.75. The molecule has 1 aromatic carbocycles. The van der Waals surface area contributed by atoms with Crippen LogP contribution in [0.5, 0.6) is 0 Å². The van der Waals surface area contributed by atoms with Gasteiger partial charge in [-0.25, -0.2) is 9.37 Å². The zero-order valence-electron chi connectivity index (χ0n) is 12.1. The molecule has 0 fully saturated rings. The van der Waals surface area contributed by atoms with Gasteiger partial charge in [-0.1, -0.05) is 29.1 Å². The molecule has 0 radical (unpaired) electrons. The van der Waals surface area contributed by atoms with E-state index in [1.165, 1.54) is 24.1 Å². The van der Waals surface area contributed by atoms with Crippen LogP contribution in [0.15, 0.2) is 56.8 Å². The van der Waals surface area contributed by atoms with E-state index in [0.29, 0.717) is 39.8 Å². The van der Waals surface area contributed by atoms with Crippen LogP contribution < -0.4 is 0 Å². The number of aromatic amines is 1. The van der Waals surface area contributed by atoms with E-state index in [4.69, 9.17) is 8.94 Å². The second-order valence-corrected chi connectivity index (χ2v) is 5.67.